The molecule has 2 N–H and O–H groups in total. The highest BCUT2D eigenvalue weighted by Gasteiger charge is 2.17. The fraction of sp³-hybridized carbons (Fsp3) is 0.158. The van der Waals surface area contributed by atoms with Crippen molar-refractivity contribution in [2.45, 2.75) is 11.8 Å². The highest BCUT2D eigenvalue weighted by Crippen LogP contribution is 2.28. The van der Waals surface area contributed by atoms with E-state index < -0.39 is 10.0 Å². The Morgan fingerprint density at radius 2 is 1.69 bits per heavy atom. The second-order valence-electron chi connectivity index (χ2n) is 5.98. The van der Waals surface area contributed by atoms with Crippen molar-refractivity contribution in [3.8, 4) is 11.5 Å². The third-order valence-corrected chi connectivity index (χ3v) is 5.31. The molecule has 3 aromatic rings. The van der Waals surface area contributed by atoms with Gasteiger partial charge in [-0.1, -0.05) is 5.16 Å². The van der Waals surface area contributed by atoms with Crippen LogP contribution in [0.5, 0.6) is 11.5 Å². The zero-order chi connectivity index (χ0) is 21.0. The van der Waals surface area contributed by atoms with Crippen molar-refractivity contribution in [2.24, 2.45) is 0 Å². The molecule has 0 aliphatic heterocycles. The maximum absolute atomic E-state index is 12.5. The fourth-order valence-corrected chi connectivity index (χ4v) is 3.49. The van der Waals surface area contributed by atoms with Crippen molar-refractivity contribution in [1.29, 1.82) is 0 Å². The molecular formula is C19H19N3O6S. The quantitative estimate of drug-likeness (QED) is 0.606. The van der Waals surface area contributed by atoms with Gasteiger partial charge in [-0.25, -0.2) is 8.42 Å². The van der Waals surface area contributed by atoms with Crippen LogP contribution in [0.3, 0.4) is 0 Å². The van der Waals surface area contributed by atoms with Gasteiger partial charge in [-0.3, -0.25) is 9.52 Å². The molecule has 9 nitrogen and oxygen atoms in total. The topological polar surface area (TPSA) is 120 Å². The molecule has 0 aliphatic carbocycles. The molecule has 10 heteroatoms. The SMILES string of the molecule is COc1ccc(C(=O)Nc2ccc(S(=O)(=O)Nc3cc(C)on3)cc2)cc1OC. The van der Waals surface area contributed by atoms with Gasteiger partial charge in [0.25, 0.3) is 15.9 Å². The van der Waals surface area contributed by atoms with E-state index in [2.05, 4.69) is 15.2 Å². The van der Waals surface area contributed by atoms with Gasteiger partial charge in [0.05, 0.1) is 19.1 Å². The minimum absolute atomic E-state index is 0.0160. The summed E-state index contributed by atoms with van der Waals surface area (Å²) in [5, 5.41) is 6.30. The van der Waals surface area contributed by atoms with Crippen molar-refractivity contribution < 1.29 is 27.2 Å². The Labute approximate surface area is 167 Å². The van der Waals surface area contributed by atoms with Gasteiger partial charge in [-0.2, -0.15) is 0 Å². The monoisotopic (exact) mass is 417 g/mol. The molecule has 0 unspecified atom stereocenters. The van der Waals surface area contributed by atoms with Crippen LogP contribution in [0.2, 0.25) is 0 Å². The molecule has 0 radical (unpaired) electrons. The highest BCUT2D eigenvalue weighted by molar-refractivity contribution is 7.92. The summed E-state index contributed by atoms with van der Waals surface area (Å²) < 4.78 is 42.3. The average molecular weight is 417 g/mol. The number of methoxy groups -OCH3 is 2. The lowest BCUT2D eigenvalue weighted by Gasteiger charge is -2.10. The molecule has 2 aromatic carbocycles. The summed E-state index contributed by atoms with van der Waals surface area (Å²) in [5.41, 5.74) is 0.795. The Balaban J connectivity index is 1.72. The van der Waals surface area contributed by atoms with Gasteiger partial charge in [0.15, 0.2) is 17.3 Å². The molecule has 0 aliphatic rings. The maximum atomic E-state index is 12.5. The molecule has 1 aromatic heterocycles. The Morgan fingerprint density at radius 1 is 1.00 bits per heavy atom. The number of amides is 1. The molecular weight excluding hydrogens is 398 g/mol. The zero-order valence-corrected chi connectivity index (χ0v) is 16.7. The Hall–Kier alpha value is -3.53. The molecule has 0 saturated carbocycles. The van der Waals surface area contributed by atoms with E-state index in [0.29, 0.717) is 28.5 Å². The number of nitrogens with one attached hydrogen (secondary N) is 2. The number of rotatable bonds is 7. The molecule has 3 rings (SSSR count). The largest absolute Gasteiger partial charge is 0.493 e. The lowest BCUT2D eigenvalue weighted by Crippen LogP contribution is -2.14. The van der Waals surface area contributed by atoms with E-state index in [1.165, 1.54) is 44.6 Å². The molecule has 0 bridgehead atoms. The summed E-state index contributed by atoms with van der Waals surface area (Å²) >= 11 is 0. The summed E-state index contributed by atoms with van der Waals surface area (Å²) in [5.74, 6) is 1.13. The number of carbonyl (C=O) groups is 1. The van der Waals surface area contributed by atoms with Crippen LogP contribution >= 0.6 is 0 Å². The van der Waals surface area contributed by atoms with E-state index in [4.69, 9.17) is 14.0 Å². The van der Waals surface area contributed by atoms with Crippen LogP contribution in [0.25, 0.3) is 0 Å². The Bertz CT molecular complexity index is 1120. The van der Waals surface area contributed by atoms with Crippen molar-refractivity contribution in [2.75, 3.05) is 24.3 Å². The summed E-state index contributed by atoms with van der Waals surface area (Å²) in [7, 11) is -0.845. The number of hydrogen-bond acceptors (Lipinski definition) is 7. The number of anilines is 2. The second-order valence-corrected chi connectivity index (χ2v) is 7.66. The molecule has 1 amide bonds. The number of benzene rings is 2. The first-order valence-corrected chi connectivity index (χ1v) is 9.90. The van der Waals surface area contributed by atoms with Crippen LogP contribution in [0.15, 0.2) is 57.9 Å². The molecule has 29 heavy (non-hydrogen) atoms. The minimum Gasteiger partial charge on any atom is -0.493 e. The smallest absolute Gasteiger partial charge is 0.263 e. The van der Waals surface area contributed by atoms with Crippen molar-refractivity contribution in [3.63, 3.8) is 0 Å². The number of ether oxygens (including phenoxy) is 2. The standard InChI is InChI=1S/C19H19N3O6S/c1-12-10-18(21-28-12)22-29(24,25)15-7-5-14(6-8-15)20-19(23)13-4-9-16(26-2)17(11-13)27-3/h4-11H,1-3H3,(H,20,23)(H,21,22). The number of carbonyl (C=O) groups excluding carboxylic acids is 1. The lowest BCUT2D eigenvalue weighted by atomic mass is 10.2. The first-order chi connectivity index (χ1) is 13.8. The predicted molar refractivity (Wildman–Crippen MR) is 106 cm³/mol. The predicted octanol–water partition coefficient (Wildman–Crippen LogP) is 3.05. The van der Waals surface area contributed by atoms with Crippen LogP contribution < -0.4 is 19.5 Å². The van der Waals surface area contributed by atoms with Crippen LogP contribution in [0, 0.1) is 6.92 Å². The van der Waals surface area contributed by atoms with Gasteiger partial charge in [-0.15, -0.1) is 0 Å². The van der Waals surface area contributed by atoms with E-state index in [1.54, 1.807) is 25.1 Å². The third-order valence-electron chi connectivity index (χ3n) is 3.94. The average Bonchev–Trinajstić information content (AvgIpc) is 3.11. The number of aryl methyl sites for hydroxylation is 1. The van der Waals surface area contributed by atoms with E-state index >= 15 is 0 Å². The number of hydrogen-bond donors (Lipinski definition) is 2. The van der Waals surface area contributed by atoms with Crippen molar-refractivity contribution in [1.82, 2.24) is 5.16 Å². The van der Waals surface area contributed by atoms with Gasteiger partial charge in [0.1, 0.15) is 5.76 Å². The van der Waals surface area contributed by atoms with E-state index in [9.17, 15) is 13.2 Å². The Kier molecular flexibility index (Phi) is 5.74. The van der Waals surface area contributed by atoms with Crippen molar-refractivity contribution in [3.05, 3.63) is 59.9 Å². The molecule has 1 heterocycles. The summed E-state index contributed by atoms with van der Waals surface area (Å²) in [6, 6.07) is 12.0. The molecule has 0 fully saturated rings. The summed E-state index contributed by atoms with van der Waals surface area (Å²) in [4.78, 5) is 12.5. The second kappa shape index (κ2) is 8.23. The van der Waals surface area contributed by atoms with Gasteiger partial charge >= 0.3 is 0 Å². The Morgan fingerprint density at radius 3 is 2.28 bits per heavy atom. The van der Waals surface area contributed by atoms with Gasteiger partial charge < -0.3 is 19.3 Å². The summed E-state index contributed by atoms with van der Waals surface area (Å²) in [6.45, 7) is 1.65. The minimum atomic E-state index is -3.83. The van der Waals surface area contributed by atoms with Crippen LogP contribution in [-0.4, -0.2) is 33.7 Å². The lowest BCUT2D eigenvalue weighted by molar-refractivity contribution is 0.102. The maximum Gasteiger partial charge on any atom is 0.263 e. The van der Waals surface area contributed by atoms with E-state index in [-0.39, 0.29) is 16.6 Å². The third kappa shape index (κ3) is 4.66. The normalized spacial score (nSPS) is 11.0. The van der Waals surface area contributed by atoms with Gasteiger partial charge in [0, 0.05) is 17.3 Å². The molecule has 152 valence electrons. The van der Waals surface area contributed by atoms with Crippen LogP contribution in [-0.2, 0) is 10.0 Å². The number of nitrogens with zero attached hydrogens (tertiary/aromatic N) is 1. The fourth-order valence-electron chi connectivity index (χ4n) is 2.51. The van der Waals surface area contributed by atoms with Gasteiger partial charge in [0.2, 0.25) is 0 Å². The molecule has 0 saturated heterocycles. The first-order valence-electron chi connectivity index (χ1n) is 8.42. The molecule has 0 spiro atoms. The van der Waals surface area contributed by atoms with Crippen LogP contribution in [0.1, 0.15) is 16.1 Å². The zero-order valence-electron chi connectivity index (χ0n) is 15.9. The van der Waals surface area contributed by atoms with E-state index in [1.807, 2.05) is 0 Å². The van der Waals surface area contributed by atoms with Crippen LogP contribution in [0.4, 0.5) is 11.5 Å². The first kappa shape index (κ1) is 20.2. The molecule has 0 atom stereocenters. The number of sulfonamides is 1. The highest BCUT2D eigenvalue weighted by atomic mass is 32.2. The number of aromatic nitrogens is 1. The van der Waals surface area contributed by atoms with Crippen molar-refractivity contribution >= 4 is 27.4 Å². The summed E-state index contributed by atoms with van der Waals surface area (Å²) in [6.07, 6.45) is 0. The van der Waals surface area contributed by atoms with Gasteiger partial charge in [-0.05, 0) is 49.4 Å². The van der Waals surface area contributed by atoms with E-state index in [0.717, 1.165) is 0 Å².